The molecule has 1 aromatic carbocycles. The molecule has 0 aliphatic carbocycles. The van der Waals surface area contributed by atoms with E-state index in [1.165, 1.54) is 13.0 Å². The van der Waals surface area contributed by atoms with E-state index in [4.69, 9.17) is 4.74 Å². The molecule has 6 heteroatoms. The van der Waals surface area contributed by atoms with Crippen LogP contribution in [0.3, 0.4) is 0 Å². The van der Waals surface area contributed by atoms with Gasteiger partial charge >= 0.3 is 5.97 Å². The highest BCUT2D eigenvalue weighted by Gasteiger charge is 2.26. The van der Waals surface area contributed by atoms with Crippen molar-refractivity contribution in [3.63, 3.8) is 0 Å². The van der Waals surface area contributed by atoms with Crippen LogP contribution in [0.1, 0.15) is 45.1 Å². The second-order valence-electron chi connectivity index (χ2n) is 6.44. The van der Waals surface area contributed by atoms with Crippen LogP contribution in [0, 0.1) is 0 Å². The fourth-order valence-electron chi connectivity index (χ4n) is 2.87. The maximum atomic E-state index is 12.5. The third-order valence-electron chi connectivity index (χ3n) is 4.19. The molecule has 0 bridgehead atoms. The molecule has 0 radical (unpaired) electrons. The highest BCUT2D eigenvalue weighted by atomic mass is 16.5. The van der Waals surface area contributed by atoms with Gasteiger partial charge in [-0.25, -0.2) is 4.79 Å². The van der Waals surface area contributed by atoms with Gasteiger partial charge in [0.1, 0.15) is 5.70 Å². The first-order valence-electron chi connectivity index (χ1n) is 9.01. The minimum absolute atomic E-state index is 0.0132. The number of amides is 2. The van der Waals surface area contributed by atoms with Gasteiger partial charge in [0.05, 0.1) is 0 Å². The predicted molar refractivity (Wildman–Crippen MR) is 98.8 cm³/mol. The molecule has 140 valence electrons. The monoisotopic (exact) mass is 358 g/mol. The first-order chi connectivity index (χ1) is 12.5. The highest BCUT2D eigenvalue weighted by Crippen LogP contribution is 2.13. The normalized spacial score (nSPS) is 16.4. The Morgan fingerprint density at radius 3 is 2.27 bits per heavy atom. The SMILES string of the molecule is CC(=O)N/C(=C\c1ccccc1)C(=O)O[C@H](C)C(=O)N1CCCCCC1. The summed E-state index contributed by atoms with van der Waals surface area (Å²) < 4.78 is 5.33. The van der Waals surface area contributed by atoms with E-state index in [9.17, 15) is 14.4 Å². The van der Waals surface area contributed by atoms with Gasteiger partial charge in [-0.3, -0.25) is 9.59 Å². The standard InChI is InChI=1S/C20H26N2O4/c1-15(19(24)22-12-8-3-4-9-13-22)26-20(25)18(21-16(2)23)14-17-10-6-5-7-11-17/h5-7,10-11,14-15H,3-4,8-9,12-13H2,1-2H3,(H,21,23)/b18-14-/t15-/m1/s1. The molecule has 2 rings (SSSR count). The van der Waals surface area contributed by atoms with Crippen LogP contribution in [-0.4, -0.2) is 41.9 Å². The van der Waals surface area contributed by atoms with Gasteiger partial charge in [-0.1, -0.05) is 43.2 Å². The second-order valence-corrected chi connectivity index (χ2v) is 6.44. The van der Waals surface area contributed by atoms with Crippen LogP contribution in [-0.2, 0) is 19.1 Å². The molecule has 0 unspecified atom stereocenters. The van der Waals surface area contributed by atoms with Gasteiger partial charge in [-0.2, -0.15) is 0 Å². The lowest BCUT2D eigenvalue weighted by molar-refractivity contribution is -0.156. The van der Waals surface area contributed by atoms with Gasteiger partial charge in [0, 0.05) is 20.0 Å². The predicted octanol–water partition coefficient (Wildman–Crippen LogP) is 2.50. The topological polar surface area (TPSA) is 75.7 Å². The number of rotatable bonds is 5. The van der Waals surface area contributed by atoms with E-state index in [0.717, 1.165) is 31.2 Å². The number of nitrogens with one attached hydrogen (secondary N) is 1. The summed E-state index contributed by atoms with van der Waals surface area (Å²) in [5.74, 6) is -1.29. The number of ether oxygens (including phenoxy) is 1. The first-order valence-corrected chi connectivity index (χ1v) is 9.01. The Balaban J connectivity index is 2.06. The van der Waals surface area contributed by atoms with Crippen molar-refractivity contribution in [2.24, 2.45) is 0 Å². The number of carbonyl (C=O) groups excluding carboxylic acids is 3. The molecule has 0 spiro atoms. The van der Waals surface area contributed by atoms with Gasteiger partial charge in [-0.05, 0) is 31.4 Å². The summed E-state index contributed by atoms with van der Waals surface area (Å²) in [5, 5.41) is 2.48. The number of hydrogen-bond donors (Lipinski definition) is 1. The molecular formula is C20H26N2O4. The van der Waals surface area contributed by atoms with Crippen LogP contribution >= 0.6 is 0 Å². The van der Waals surface area contributed by atoms with Crippen LogP contribution in [0.4, 0.5) is 0 Å². The summed E-state index contributed by atoms with van der Waals surface area (Å²) in [4.78, 5) is 38.2. The Morgan fingerprint density at radius 2 is 1.69 bits per heavy atom. The molecule has 1 N–H and O–H groups in total. The summed E-state index contributed by atoms with van der Waals surface area (Å²) in [7, 11) is 0. The Morgan fingerprint density at radius 1 is 1.08 bits per heavy atom. The van der Waals surface area contributed by atoms with Crippen molar-refractivity contribution in [3.05, 3.63) is 41.6 Å². The Labute approximate surface area is 154 Å². The number of likely N-dealkylation sites (tertiary alicyclic amines) is 1. The van der Waals surface area contributed by atoms with Crippen molar-refractivity contribution < 1.29 is 19.1 Å². The van der Waals surface area contributed by atoms with Gasteiger partial charge in [0.15, 0.2) is 6.10 Å². The van der Waals surface area contributed by atoms with Crippen molar-refractivity contribution in [1.29, 1.82) is 0 Å². The smallest absolute Gasteiger partial charge is 0.355 e. The van der Waals surface area contributed by atoms with E-state index in [-0.39, 0.29) is 17.5 Å². The molecule has 1 aromatic rings. The van der Waals surface area contributed by atoms with Gasteiger partial charge in [0.25, 0.3) is 5.91 Å². The largest absolute Gasteiger partial charge is 0.448 e. The van der Waals surface area contributed by atoms with Crippen LogP contribution in [0.25, 0.3) is 6.08 Å². The fraction of sp³-hybridized carbons (Fsp3) is 0.450. The third-order valence-corrected chi connectivity index (χ3v) is 4.19. The molecule has 1 aliphatic rings. The number of nitrogens with zero attached hydrogens (tertiary/aromatic N) is 1. The summed E-state index contributed by atoms with van der Waals surface area (Å²) in [5.41, 5.74) is 0.763. The van der Waals surface area contributed by atoms with E-state index in [2.05, 4.69) is 5.32 Å². The van der Waals surface area contributed by atoms with Crippen molar-refractivity contribution >= 4 is 23.9 Å². The summed E-state index contributed by atoms with van der Waals surface area (Å²) in [6.07, 6.45) is 4.81. The fourth-order valence-corrected chi connectivity index (χ4v) is 2.87. The zero-order valence-electron chi connectivity index (χ0n) is 15.4. The number of esters is 1. The summed E-state index contributed by atoms with van der Waals surface area (Å²) >= 11 is 0. The molecule has 1 heterocycles. The lowest BCUT2D eigenvalue weighted by Crippen LogP contribution is -2.41. The van der Waals surface area contributed by atoms with Crippen LogP contribution in [0.15, 0.2) is 36.0 Å². The molecule has 1 saturated heterocycles. The molecule has 1 fully saturated rings. The summed E-state index contributed by atoms with van der Waals surface area (Å²) in [6.45, 7) is 4.27. The molecule has 6 nitrogen and oxygen atoms in total. The highest BCUT2D eigenvalue weighted by molar-refractivity contribution is 5.98. The maximum absolute atomic E-state index is 12.5. The molecule has 0 saturated carbocycles. The Hall–Kier alpha value is -2.63. The lowest BCUT2D eigenvalue weighted by atomic mass is 10.2. The zero-order valence-corrected chi connectivity index (χ0v) is 15.4. The average Bonchev–Trinajstić information content (AvgIpc) is 2.90. The van der Waals surface area contributed by atoms with E-state index in [0.29, 0.717) is 13.1 Å². The minimum Gasteiger partial charge on any atom is -0.448 e. The number of hydrogen-bond acceptors (Lipinski definition) is 4. The second kappa shape index (κ2) is 9.75. The van der Waals surface area contributed by atoms with E-state index in [1.807, 2.05) is 18.2 Å². The molecule has 26 heavy (non-hydrogen) atoms. The van der Waals surface area contributed by atoms with Crippen molar-refractivity contribution in [1.82, 2.24) is 10.2 Å². The van der Waals surface area contributed by atoms with Gasteiger partial charge in [0.2, 0.25) is 5.91 Å². The minimum atomic E-state index is -0.895. The first kappa shape index (κ1) is 19.7. The lowest BCUT2D eigenvalue weighted by Gasteiger charge is -2.24. The molecule has 1 aliphatic heterocycles. The van der Waals surface area contributed by atoms with Crippen molar-refractivity contribution in [2.45, 2.75) is 45.6 Å². The number of carbonyl (C=O) groups is 3. The van der Waals surface area contributed by atoms with Crippen molar-refractivity contribution in [2.75, 3.05) is 13.1 Å². The van der Waals surface area contributed by atoms with E-state index >= 15 is 0 Å². The maximum Gasteiger partial charge on any atom is 0.355 e. The summed E-state index contributed by atoms with van der Waals surface area (Å²) in [6, 6.07) is 9.12. The molecule has 1 atom stereocenters. The third kappa shape index (κ3) is 6.02. The Bertz CT molecular complexity index is 662. The van der Waals surface area contributed by atoms with E-state index < -0.39 is 12.1 Å². The van der Waals surface area contributed by atoms with Gasteiger partial charge in [-0.15, -0.1) is 0 Å². The zero-order chi connectivity index (χ0) is 18.9. The van der Waals surface area contributed by atoms with Crippen molar-refractivity contribution in [3.8, 4) is 0 Å². The van der Waals surface area contributed by atoms with Crippen LogP contribution < -0.4 is 5.32 Å². The quantitative estimate of drug-likeness (QED) is 0.648. The average molecular weight is 358 g/mol. The molecule has 2 amide bonds. The number of benzene rings is 1. The van der Waals surface area contributed by atoms with Crippen LogP contribution in [0.2, 0.25) is 0 Å². The molecular weight excluding hydrogens is 332 g/mol. The van der Waals surface area contributed by atoms with Crippen LogP contribution in [0.5, 0.6) is 0 Å². The molecule has 0 aromatic heterocycles. The van der Waals surface area contributed by atoms with Gasteiger partial charge < -0.3 is 15.0 Å². The Kier molecular flexibility index (Phi) is 7.38. The van der Waals surface area contributed by atoms with E-state index in [1.54, 1.807) is 24.0 Å².